The number of nitrogens with zero attached hydrogens (tertiary/aromatic N) is 1. The fourth-order valence-electron chi connectivity index (χ4n) is 2.58. The van der Waals surface area contributed by atoms with Gasteiger partial charge >= 0.3 is 18.3 Å². The van der Waals surface area contributed by atoms with Crippen molar-refractivity contribution < 1.29 is 41.0 Å². The Bertz CT molecular complexity index is 951. The molecule has 3 rings (SSSR count). The van der Waals surface area contributed by atoms with E-state index in [-0.39, 0.29) is 5.88 Å². The lowest BCUT2D eigenvalue weighted by molar-refractivity contribution is -0.192. The number of aliphatic carboxylic acids is 1. The number of halogens is 7. The molecule has 0 aliphatic carbocycles. The molecule has 0 spiro atoms. The number of ether oxygens (including phenoxy) is 1. The summed E-state index contributed by atoms with van der Waals surface area (Å²) in [6.07, 6.45) is -6.76. The number of alkyl halides is 6. The summed E-state index contributed by atoms with van der Waals surface area (Å²) in [4.78, 5) is 12.6. The molecule has 2 N–H and O–H groups in total. The number of nitrogens with one attached hydrogen (secondary N) is 1. The van der Waals surface area contributed by atoms with Crippen molar-refractivity contribution in [1.82, 2.24) is 10.3 Å². The Morgan fingerprint density at radius 1 is 1.06 bits per heavy atom. The van der Waals surface area contributed by atoms with Gasteiger partial charge in [0.1, 0.15) is 5.75 Å². The summed E-state index contributed by atoms with van der Waals surface area (Å²) in [6.45, 7) is 1.91. The second-order valence-electron chi connectivity index (χ2n) is 6.48. The van der Waals surface area contributed by atoms with Crippen LogP contribution in [-0.2, 0) is 11.0 Å². The van der Waals surface area contributed by atoms with Crippen molar-refractivity contribution in [1.29, 1.82) is 0 Å². The van der Waals surface area contributed by atoms with Gasteiger partial charge < -0.3 is 15.2 Å². The third-order valence-corrected chi connectivity index (χ3v) is 5.15. The number of carboxylic acids is 1. The zero-order valence-electron chi connectivity index (χ0n) is 16.2. The summed E-state index contributed by atoms with van der Waals surface area (Å²) in [5.74, 6) is -2.11. The van der Waals surface area contributed by atoms with Crippen molar-refractivity contribution in [3.63, 3.8) is 0 Å². The quantitative estimate of drug-likeness (QED) is 0.479. The van der Waals surface area contributed by atoms with Gasteiger partial charge in [0, 0.05) is 16.7 Å². The van der Waals surface area contributed by atoms with E-state index < -0.39 is 23.9 Å². The fraction of sp³-hybridized carbons (Fsp3) is 0.300. The Morgan fingerprint density at radius 3 is 2.19 bits per heavy atom. The lowest BCUT2D eigenvalue weighted by atomic mass is 10.0. The summed E-state index contributed by atoms with van der Waals surface area (Å²) in [6, 6.07) is 9.58. The molecule has 1 fully saturated rings. The summed E-state index contributed by atoms with van der Waals surface area (Å²) in [5.41, 5.74) is 1.51. The van der Waals surface area contributed by atoms with Gasteiger partial charge in [-0.1, -0.05) is 33.6 Å². The molecule has 1 aliphatic heterocycles. The number of carboxylic acid groups (broad SMARTS) is 1. The van der Waals surface area contributed by atoms with Gasteiger partial charge in [0.2, 0.25) is 5.88 Å². The summed E-state index contributed by atoms with van der Waals surface area (Å²) >= 11 is 3.65. The van der Waals surface area contributed by atoms with Gasteiger partial charge in [0.25, 0.3) is 0 Å². The summed E-state index contributed by atoms with van der Waals surface area (Å²) in [5, 5.41) is 10.4. The van der Waals surface area contributed by atoms with Crippen molar-refractivity contribution >= 4 is 26.4 Å². The minimum absolute atomic E-state index is 0.121. The van der Waals surface area contributed by atoms with Crippen molar-refractivity contribution in [2.75, 3.05) is 13.1 Å². The average molecular weight is 527 g/mol. The standard InChI is InChI=1S/C18H16BrF3N2O.C2HF3O2/c19-17(12-6-8-23-9-7-12)13-2-1-3-15(10-13)25-16-5-4-14(11-24-16)18(20,21)22;3-2(4,5)1(6)7/h1-5,10-11,23H,6-9H2;(H,6,7). The second kappa shape index (κ2) is 10.8. The number of hydrogen-bond donors (Lipinski definition) is 2. The molecule has 0 atom stereocenters. The topological polar surface area (TPSA) is 71.5 Å². The van der Waals surface area contributed by atoms with E-state index in [2.05, 4.69) is 26.2 Å². The molecule has 32 heavy (non-hydrogen) atoms. The van der Waals surface area contributed by atoms with Crippen LogP contribution >= 0.6 is 15.9 Å². The lowest BCUT2D eigenvalue weighted by Crippen LogP contribution is -2.23. The highest BCUT2D eigenvalue weighted by atomic mass is 79.9. The fourth-order valence-corrected chi connectivity index (χ4v) is 3.22. The minimum Gasteiger partial charge on any atom is -0.475 e. The Balaban J connectivity index is 0.000000451. The van der Waals surface area contributed by atoms with E-state index in [9.17, 15) is 26.3 Å². The van der Waals surface area contributed by atoms with Crippen LogP contribution in [-0.4, -0.2) is 35.3 Å². The van der Waals surface area contributed by atoms with Crippen LogP contribution in [0.2, 0.25) is 0 Å². The number of carbonyl (C=O) groups is 1. The molecule has 1 saturated heterocycles. The van der Waals surface area contributed by atoms with Crippen molar-refractivity contribution in [3.8, 4) is 11.6 Å². The van der Waals surface area contributed by atoms with Crippen molar-refractivity contribution in [3.05, 3.63) is 59.3 Å². The van der Waals surface area contributed by atoms with Crippen LogP contribution in [0.25, 0.3) is 4.48 Å². The smallest absolute Gasteiger partial charge is 0.475 e. The van der Waals surface area contributed by atoms with Crippen LogP contribution in [0.3, 0.4) is 0 Å². The van der Waals surface area contributed by atoms with E-state index in [1.54, 1.807) is 6.07 Å². The van der Waals surface area contributed by atoms with Crippen LogP contribution in [0.4, 0.5) is 26.3 Å². The molecule has 1 aromatic carbocycles. The maximum atomic E-state index is 12.6. The number of aromatic nitrogens is 1. The molecule has 0 radical (unpaired) electrons. The van der Waals surface area contributed by atoms with Gasteiger partial charge in [-0.15, -0.1) is 0 Å². The SMILES string of the molecule is FC(F)(F)c1ccc(Oc2cccc(C(Br)=C3CCNCC3)c2)nc1.O=C(O)C(F)(F)F. The molecular formula is C20H17BrF6N2O3. The molecule has 1 aromatic heterocycles. The van der Waals surface area contributed by atoms with Gasteiger partial charge in [-0.2, -0.15) is 26.3 Å². The van der Waals surface area contributed by atoms with Crippen LogP contribution in [0.1, 0.15) is 24.0 Å². The van der Waals surface area contributed by atoms with Crippen molar-refractivity contribution in [2.45, 2.75) is 25.2 Å². The minimum atomic E-state index is -5.08. The second-order valence-corrected chi connectivity index (χ2v) is 7.28. The molecule has 2 heterocycles. The lowest BCUT2D eigenvalue weighted by Gasteiger charge is -2.18. The normalized spacial score (nSPS) is 14.3. The Kier molecular flexibility index (Phi) is 8.67. The molecular weight excluding hydrogens is 510 g/mol. The zero-order valence-corrected chi connectivity index (χ0v) is 17.8. The highest BCUT2D eigenvalue weighted by Gasteiger charge is 2.38. The van der Waals surface area contributed by atoms with E-state index in [1.807, 2.05) is 18.2 Å². The summed E-state index contributed by atoms with van der Waals surface area (Å²) < 4.78 is 76.1. The maximum Gasteiger partial charge on any atom is 0.490 e. The van der Waals surface area contributed by atoms with Gasteiger partial charge in [-0.25, -0.2) is 9.78 Å². The zero-order chi connectivity index (χ0) is 23.9. The first kappa shape index (κ1) is 25.7. The number of rotatable bonds is 3. The average Bonchev–Trinajstić information content (AvgIpc) is 2.73. The summed E-state index contributed by atoms with van der Waals surface area (Å²) in [7, 11) is 0. The van der Waals surface area contributed by atoms with E-state index in [1.165, 1.54) is 11.6 Å². The van der Waals surface area contributed by atoms with E-state index in [0.717, 1.165) is 48.2 Å². The first-order chi connectivity index (χ1) is 14.9. The first-order valence-electron chi connectivity index (χ1n) is 9.08. The highest BCUT2D eigenvalue weighted by Crippen LogP contribution is 2.33. The molecule has 0 unspecified atom stereocenters. The number of piperidine rings is 1. The number of hydrogen-bond acceptors (Lipinski definition) is 4. The van der Waals surface area contributed by atoms with Crippen LogP contribution in [0.5, 0.6) is 11.6 Å². The van der Waals surface area contributed by atoms with E-state index in [4.69, 9.17) is 14.6 Å². The van der Waals surface area contributed by atoms with Gasteiger partial charge in [-0.3, -0.25) is 0 Å². The molecule has 174 valence electrons. The largest absolute Gasteiger partial charge is 0.490 e. The number of benzene rings is 1. The highest BCUT2D eigenvalue weighted by molar-refractivity contribution is 9.15. The molecule has 0 bridgehead atoms. The Hall–Kier alpha value is -2.60. The Labute approximate surface area is 187 Å². The molecule has 2 aromatic rings. The molecule has 0 saturated carbocycles. The molecule has 12 heteroatoms. The van der Waals surface area contributed by atoms with Crippen molar-refractivity contribution in [2.24, 2.45) is 0 Å². The third kappa shape index (κ3) is 7.83. The molecule has 1 aliphatic rings. The first-order valence-corrected chi connectivity index (χ1v) is 9.87. The van der Waals surface area contributed by atoms with Gasteiger partial charge in [0.05, 0.1) is 5.56 Å². The van der Waals surface area contributed by atoms with Crippen LogP contribution in [0, 0.1) is 0 Å². The Morgan fingerprint density at radius 2 is 1.69 bits per heavy atom. The third-order valence-electron chi connectivity index (χ3n) is 4.13. The van der Waals surface area contributed by atoms with E-state index in [0.29, 0.717) is 5.75 Å². The monoisotopic (exact) mass is 526 g/mol. The molecule has 0 amide bonds. The molecule has 5 nitrogen and oxygen atoms in total. The van der Waals surface area contributed by atoms with E-state index >= 15 is 0 Å². The van der Waals surface area contributed by atoms with Gasteiger partial charge in [-0.05, 0) is 49.7 Å². The van der Waals surface area contributed by atoms with Crippen LogP contribution < -0.4 is 10.1 Å². The predicted molar refractivity (Wildman–Crippen MR) is 107 cm³/mol. The number of pyridine rings is 1. The maximum absolute atomic E-state index is 12.6. The van der Waals surface area contributed by atoms with Gasteiger partial charge in [0.15, 0.2) is 0 Å². The van der Waals surface area contributed by atoms with Crippen LogP contribution in [0.15, 0.2) is 48.2 Å². The predicted octanol–water partition coefficient (Wildman–Crippen LogP) is 6.02.